The van der Waals surface area contributed by atoms with E-state index in [2.05, 4.69) is 25.1 Å². The number of nitrogens with zero attached hydrogens (tertiary/aromatic N) is 5. The molecule has 3 rings (SSSR count). The Morgan fingerprint density at radius 1 is 1.09 bits per heavy atom. The molecule has 1 fully saturated rings. The van der Waals surface area contributed by atoms with Crippen LogP contribution in [0.25, 0.3) is 0 Å². The van der Waals surface area contributed by atoms with Gasteiger partial charge in [-0.1, -0.05) is 6.07 Å². The van der Waals surface area contributed by atoms with Gasteiger partial charge >= 0.3 is 6.03 Å². The number of rotatable bonds is 7. The van der Waals surface area contributed by atoms with Gasteiger partial charge in [0.25, 0.3) is 0 Å². The van der Waals surface area contributed by atoms with Crippen molar-refractivity contribution in [3.63, 3.8) is 0 Å². The predicted octanol–water partition coefficient (Wildman–Crippen LogP) is 3.47. The summed E-state index contributed by atoms with van der Waals surface area (Å²) in [5.74, 6) is 1.45. The predicted molar refractivity (Wildman–Crippen MR) is 129 cm³/mol. The van der Waals surface area contributed by atoms with Crippen LogP contribution in [0.2, 0.25) is 0 Å². The molecular weight excluding hydrogens is 404 g/mol. The maximum atomic E-state index is 13.3. The van der Waals surface area contributed by atoms with Crippen molar-refractivity contribution in [1.29, 1.82) is 0 Å². The second-order valence-electron chi connectivity index (χ2n) is 8.80. The van der Waals surface area contributed by atoms with Gasteiger partial charge in [0, 0.05) is 43.6 Å². The van der Waals surface area contributed by atoms with E-state index in [0.29, 0.717) is 18.0 Å². The van der Waals surface area contributed by atoms with Crippen molar-refractivity contribution in [2.24, 2.45) is 0 Å². The molecule has 1 aliphatic rings. The number of aryl methyl sites for hydroxylation is 3. The first-order valence-corrected chi connectivity index (χ1v) is 11.2. The Labute approximate surface area is 191 Å². The van der Waals surface area contributed by atoms with Crippen molar-refractivity contribution in [1.82, 2.24) is 19.8 Å². The number of urea groups is 1. The highest BCUT2D eigenvalue weighted by Gasteiger charge is 2.29. The number of benzene rings is 1. The number of nitrogens with one attached hydrogen (secondary N) is 1. The fraction of sp³-hybridized carbons (Fsp3) is 0.542. The standard InChI is InChI=1S/C24H36N6O2/c1-17-7-8-22(32-6)21(15-17)27-24(31)30(14-13-28(4)5)20-9-11-29(12-10-20)23-25-18(2)16-19(3)26-23/h7-8,15-16,20H,9-14H2,1-6H3,(H,27,31). The number of hydrogen-bond acceptors (Lipinski definition) is 6. The third-order valence-corrected chi connectivity index (χ3v) is 5.80. The zero-order valence-corrected chi connectivity index (χ0v) is 20.2. The molecule has 0 saturated carbocycles. The van der Waals surface area contributed by atoms with Gasteiger partial charge in [0.05, 0.1) is 12.8 Å². The van der Waals surface area contributed by atoms with Crippen molar-refractivity contribution >= 4 is 17.7 Å². The Hall–Kier alpha value is -2.87. The van der Waals surface area contributed by atoms with Crippen molar-refractivity contribution in [3.05, 3.63) is 41.2 Å². The smallest absolute Gasteiger partial charge is 0.322 e. The lowest BCUT2D eigenvalue weighted by atomic mass is 10.0. The van der Waals surface area contributed by atoms with Gasteiger partial charge in [-0.2, -0.15) is 0 Å². The molecule has 0 spiro atoms. The first-order valence-electron chi connectivity index (χ1n) is 11.2. The fourth-order valence-corrected chi connectivity index (χ4v) is 4.09. The molecule has 2 amide bonds. The van der Waals surface area contributed by atoms with E-state index in [9.17, 15) is 4.79 Å². The molecule has 0 unspecified atom stereocenters. The first kappa shape index (κ1) is 23.8. The van der Waals surface area contributed by atoms with Gasteiger partial charge in [-0.3, -0.25) is 0 Å². The van der Waals surface area contributed by atoms with Crippen LogP contribution in [0.1, 0.15) is 29.8 Å². The third-order valence-electron chi connectivity index (χ3n) is 5.80. The van der Waals surface area contributed by atoms with E-state index in [1.165, 1.54) is 0 Å². The summed E-state index contributed by atoms with van der Waals surface area (Å²) in [5.41, 5.74) is 3.73. The molecule has 1 aliphatic heterocycles. The summed E-state index contributed by atoms with van der Waals surface area (Å²) in [7, 11) is 5.67. The van der Waals surface area contributed by atoms with Gasteiger partial charge < -0.3 is 24.8 Å². The van der Waals surface area contributed by atoms with E-state index >= 15 is 0 Å². The second kappa shape index (κ2) is 10.6. The average molecular weight is 441 g/mol. The van der Waals surface area contributed by atoms with Gasteiger partial charge in [-0.15, -0.1) is 0 Å². The highest BCUT2D eigenvalue weighted by molar-refractivity contribution is 5.91. The zero-order chi connectivity index (χ0) is 23.3. The van der Waals surface area contributed by atoms with Crippen LogP contribution in [0, 0.1) is 20.8 Å². The number of methoxy groups -OCH3 is 1. The molecule has 0 bridgehead atoms. The van der Waals surface area contributed by atoms with Crippen LogP contribution >= 0.6 is 0 Å². The van der Waals surface area contributed by atoms with Crippen LogP contribution in [0.5, 0.6) is 5.75 Å². The number of piperidine rings is 1. The lowest BCUT2D eigenvalue weighted by Gasteiger charge is -2.39. The second-order valence-corrected chi connectivity index (χ2v) is 8.80. The van der Waals surface area contributed by atoms with Crippen LogP contribution in [-0.2, 0) is 0 Å². The number of ether oxygens (including phenoxy) is 1. The number of carbonyl (C=O) groups excluding carboxylic acids is 1. The SMILES string of the molecule is COc1ccc(C)cc1NC(=O)N(CCN(C)C)C1CCN(c2nc(C)cc(C)n2)CC1. The molecule has 0 atom stereocenters. The Balaban J connectivity index is 1.72. The van der Waals surface area contributed by atoms with E-state index in [1.807, 2.05) is 64.0 Å². The Kier molecular flexibility index (Phi) is 7.90. The van der Waals surface area contributed by atoms with Crippen molar-refractivity contribution < 1.29 is 9.53 Å². The highest BCUT2D eigenvalue weighted by atomic mass is 16.5. The molecule has 8 heteroatoms. The maximum absolute atomic E-state index is 13.3. The topological polar surface area (TPSA) is 73.8 Å². The van der Waals surface area contributed by atoms with Crippen molar-refractivity contribution in [2.45, 2.75) is 39.7 Å². The molecule has 174 valence electrons. The first-order chi connectivity index (χ1) is 15.3. The summed E-state index contributed by atoms with van der Waals surface area (Å²) in [4.78, 5) is 28.9. The average Bonchev–Trinajstić information content (AvgIpc) is 2.73. The largest absolute Gasteiger partial charge is 0.495 e. The van der Waals surface area contributed by atoms with Crippen LogP contribution in [0.4, 0.5) is 16.4 Å². The molecule has 0 aliphatic carbocycles. The van der Waals surface area contributed by atoms with Gasteiger partial charge in [-0.05, 0) is 71.5 Å². The fourth-order valence-electron chi connectivity index (χ4n) is 4.09. The molecule has 1 N–H and O–H groups in total. The summed E-state index contributed by atoms with van der Waals surface area (Å²) in [5, 5.41) is 3.09. The van der Waals surface area contributed by atoms with Crippen molar-refractivity contribution in [2.75, 3.05) is 57.6 Å². The normalized spacial score (nSPS) is 14.5. The monoisotopic (exact) mass is 440 g/mol. The Morgan fingerprint density at radius 3 is 2.34 bits per heavy atom. The van der Waals surface area contributed by atoms with Crippen LogP contribution < -0.4 is 15.0 Å². The summed E-state index contributed by atoms with van der Waals surface area (Å²) >= 11 is 0. The number of amides is 2. The van der Waals surface area contributed by atoms with Gasteiger partial charge in [0.1, 0.15) is 5.75 Å². The number of hydrogen-bond donors (Lipinski definition) is 1. The molecule has 32 heavy (non-hydrogen) atoms. The summed E-state index contributed by atoms with van der Waals surface area (Å²) in [6.07, 6.45) is 1.75. The van der Waals surface area contributed by atoms with Crippen molar-refractivity contribution in [3.8, 4) is 5.75 Å². The minimum atomic E-state index is -0.0862. The van der Waals surface area contributed by atoms with E-state index in [1.54, 1.807) is 7.11 Å². The van der Waals surface area contributed by atoms with Gasteiger partial charge in [0.15, 0.2) is 0 Å². The molecule has 2 aromatic rings. The molecule has 1 aromatic heterocycles. The third kappa shape index (κ3) is 6.09. The maximum Gasteiger partial charge on any atom is 0.322 e. The lowest BCUT2D eigenvalue weighted by Crippen LogP contribution is -2.51. The minimum absolute atomic E-state index is 0.0862. The molecule has 2 heterocycles. The minimum Gasteiger partial charge on any atom is -0.495 e. The number of carbonyl (C=O) groups is 1. The molecule has 8 nitrogen and oxygen atoms in total. The van der Waals surface area contributed by atoms with Crippen LogP contribution in [0.3, 0.4) is 0 Å². The molecular formula is C24H36N6O2. The summed E-state index contributed by atoms with van der Waals surface area (Å²) in [6, 6.07) is 7.87. The molecule has 0 radical (unpaired) electrons. The van der Waals surface area contributed by atoms with E-state index < -0.39 is 0 Å². The van der Waals surface area contributed by atoms with Crippen LogP contribution in [-0.4, -0.2) is 79.2 Å². The zero-order valence-electron chi connectivity index (χ0n) is 20.2. The Bertz CT molecular complexity index is 904. The molecule has 1 aromatic carbocycles. The summed E-state index contributed by atoms with van der Waals surface area (Å²) in [6.45, 7) is 9.12. The summed E-state index contributed by atoms with van der Waals surface area (Å²) < 4.78 is 5.44. The highest BCUT2D eigenvalue weighted by Crippen LogP contribution is 2.27. The number of aromatic nitrogens is 2. The van der Waals surface area contributed by atoms with Gasteiger partial charge in [-0.25, -0.2) is 14.8 Å². The molecule has 1 saturated heterocycles. The van der Waals surface area contributed by atoms with E-state index in [-0.39, 0.29) is 12.1 Å². The van der Waals surface area contributed by atoms with Gasteiger partial charge in [0.2, 0.25) is 5.95 Å². The number of anilines is 2. The van der Waals surface area contributed by atoms with Crippen LogP contribution in [0.15, 0.2) is 24.3 Å². The quantitative estimate of drug-likeness (QED) is 0.711. The Morgan fingerprint density at radius 2 is 1.75 bits per heavy atom. The van der Waals surface area contributed by atoms with E-state index in [4.69, 9.17) is 4.74 Å². The van der Waals surface area contributed by atoms with E-state index in [0.717, 1.165) is 55.4 Å². The lowest BCUT2D eigenvalue weighted by molar-refractivity contribution is 0.166. The number of likely N-dealkylation sites (N-methyl/N-ethyl adjacent to an activating group) is 1.